The van der Waals surface area contributed by atoms with Crippen LogP contribution in [-0.4, -0.2) is 19.9 Å². The van der Waals surface area contributed by atoms with Gasteiger partial charge in [-0.25, -0.2) is 14.4 Å². The van der Waals surface area contributed by atoms with Crippen LogP contribution in [0.3, 0.4) is 0 Å². The van der Waals surface area contributed by atoms with Crippen molar-refractivity contribution in [3.05, 3.63) is 89.5 Å². The van der Waals surface area contributed by atoms with E-state index in [2.05, 4.69) is 25.9 Å². The summed E-state index contributed by atoms with van der Waals surface area (Å²) in [4.78, 5) is 15.2. The molecule has 5 heteroatoms. The Hall–Kier alpha value is -2.66. The van der Waals surface area contributed by atoms with Crippen LogP contribution in [0, 0.1) is 5.82 Å². The first-order chi connectivity index (χ1) is 12.2. The van der Waals surface area contributed by atoms with Gasteiger partial charge in [-0.3, -0.25) is 9.88 Å². The largest absolute Gasteiger partial charge is 0.290 e. The van der Waals surface area contributed by atoms with Crippen molar-refractivity contribution >= 4 is 0 Å². The molecule has 25 heavy (non-hydrogen) atoms. The number of aryl methyl sites for hydroxylation is 1. The highest BCUT2D eigenvalue weighted by Gasteiger charge is 2.10. The third-order valence-corrected chi connectivity index (χ3v) is 3.93. The number of halogens is 1. The van der Waals surface area contributed by atoms with Crippen LogP contribution in [0.2, 0.25) is 0 Å². The summed E-state index contributed by atoms with van der Waals surface area (Å²) in [5.74, 6) is 0.632. The minimum atomic E-state index is -0.217. The van der Waals surface area contributed by atoms with Gasteiger partial charge in [0.15, 0.2) is 0 Å². The van der Waals surface area contributed by atoms with Gasteiger partial charge in [-0.05, 0) is 29.3 Å². The molecule has 3 rings (SSSR count). The van der Waals surface area contributed by atoms with E-state index in [1.807, 2.05) is 43.7 Å². The number of rotatable bonds is 7. The van der Waals surface area contributed by atoms with E-state index in [0.717, 1.165) is 42.0 Å². The van der Waals surface area contributed by atoms with Gasteiger partial charge in [0, 0.05) is 56.4 Å². The number of hydrogen-bond donors (Lipinski definition) is 0. The maximum atomic E-state index is 13.2. The Morgan fingerprint density at radius 3 is 2.16 bits per heavy atom. The Balaban J connectivity index is 1.76. The molecule has 0 fully saturated rings. The zero-order valence-corrected chi connectivity index (χ0v) is 14.3. The Morgan fingerprint density at radius 2 is 1.52 bits per heavy atom. The molecule has 2 aromatic heterocycles. The van der Waals surface area contributed by atoms with E-state index in [1.165, 1.54) is 12.1 Å². The van der Waals surface area contributed by atoms with Gasteiger partial charge < -0.3 is 0 Å². The predicted molar refractivity (Wildman–Crippen MR) is 95.0 cm³/mol. The summed E-state index contributed by atoms with van der Waals surface area (Å²) in [5.41, 5.74) is 3.26. The van der Waals surface area contributed by atoms with Crippen molar-refractivity contribution in [2.75, 3.05) is 0 Å². The monoisotopic (exact) mass is 336 g/mol. The molecule has 0 radical (unpaired) electrons. The van der Waals surface area contributed by atoms with Crippen molar-refractivity contribution in [1.82, 2.24) is 19.9 Å². The van der Waals surface area contributed by atoms with Gasteiger partial charge in [0.05, 0.1) is 0 Å². The summed E-state index contributed by atoms with van der Waals surface area (Å²) in [6, 6.07) is 10.6. The summed E-state index contributed by atoms with van der Waals surface area (Å²) in [7, 11) is 0. The zero-order valence-electron chi connectivity index (χ0n) is 14.3. The molecule has 0 amide bonds. The maximum Gasteiger partial charge on any atom is 0.127 e. The highest BCUT2D eigenvalue weighted by atomic mass is 19.1. The molecule has 0 aliphatic rings. The lowest BCUT2D eigenvalue weighted by molar-refractivity contribution is 0.246. The van der Waals surface area contributed by atoms with Gasteiger partial charge in [-0.1, -0.05) is 25.1 Å². The lowest BCUT2D eigenvalue weighted by Crippen LogP contribution is -2.22. The molecule has 0 saturated heterocycles. The number of aromatic nitrogens is 3. The molecule has 3 aromatic rings. The molecular formula is C20H21FN4. The minimum absolute atomic E-state index is 0.217. The smallest absolute Gasteiger partial charge is 0.127 e. The van der Waals surface area contributed by atoms with E-state index < -0.39 is 0 Å². The van der Waals surface area contributed by atoms with Crippen molar-refractivity contribution in [1.29, 1.82) is 0 Å². The van der Waals surface area contributed by atoms with Crippen LogP contribution in [0.15, 0.2) is 61.2 Å². The van der Waals surface area contributed by atoms with Gasteiger partial charge in [0.25, 0.3) is 0 Å². The molecule has 0 atom stereocenters. The van der Waals surface area contributed by atoms with Crippen LogP contribution in [0.1, 0.15) is 29.4 Å². The molecule has 0 aliphatic carbocycles. The average Bonchev–Trinajstić information content (AvgIpc) is 2.65. The fourth-order valence-electron chi connectivity index (χ4n) is 2.67. The molecule has 0 bridgehead atoms. The Morgan fingerprint density at radius 1 is 0.840 bits per heavy atom. The third-order valence-electron chi connectivity index (χ3n) is 3.93. The Bertz CT molecular complexity index is 773. The number of nitrogens with zero attached hydrogens (tertiary/aromatic N) is 4. The molecule has 128 valence electrons. The van der Waals surface area contributed by atoms with Gasteiger partial charge >= 0.3 is 0 Å². The van der Waals surface area contributed by atoms with Gasteiger partial charge in [-0.15, -0.1) is 0 Å². The van der Waals surface area contributed by atoms with E-state index in [4.69, 9.17) is 0 Å². The molecule has 0 unspecified atom stereocenters. The van der Waals surface area contributed by atoms with Crippen LogP contribution in [0.4, 0.5) is 4.39 Å². The van der Waals surface area contributed by atoms with E-state index in [1.54, 1.807) is 6.20 Å². The van der Waals surface area contributed by atoms with Crippen molar-refractivity contribution < 1.29 is 4.39 Å². The van der Waals surface area contributed by atoms with Crippen molar-refractivity contribution in [2.24, 2.45) is 0 Å². The number of hydrogen-bond acceptors (Lipinski definition) is 4. The average molecular weight is 336 g/mol. The Kier molecular flexibility index (Phi) is 5.80. The minimum Gasteiger partial charge on any atom is -0.290 e. The second-order valence-electron chi connectivity index (χ2n) is 5.99. The number of benzene rings is 1. The number of pyridine rings is 1. The van der Waals surface area contributed by atoms with Crippen LogP contribution in [0.5, 0.6) is 0 Å². The molecule has 1 aromatic carbocycles. The first-order valence-corrected chi connectivity index (χ1v) is 8.38. The molecule has 0 saturated carbocycles. The lowest BCUT2D eigenvalue weighted by atomic mass is 10.1. The van der Waals surface area contributed by atoms with E-state index >= 15 is 0 Å². The van der Waals surface area contributed by atoms with Gasteiger partial charge in [0.2, 0.25) is 0 Å². The molecular weight excluding hydrogens is 315 g/mol. The quantitative estimate of drug-likeness (QED) is 0.658. The van der Waals surface area contributed by atoms with E-state index in [9.17, 15) is 4.39 Å². The fourth-order valence-corrected chi connectivity index (χ4v) is 2.67. The summed E-state index contributed by atoms with van der Waals surface area (Å²) in [6.07, 6.45) is 8.23. The lowest BCUT2D eigenvalue weighted by Gasteiger charge is -2.22. The van der Waals surface area contributed by atoms with Crippen LogP contribution in [-0.2, 0) is 26.1 Å². The van der Waals surface area contributed by atoms with Crippen molar-refractivity contribution in [3.8, 4) is 0 Å². The summed E-state index contributed by atoms with van der Waals surface area (Å²) in [5, 5.41) is 0. The highest BCUT2D eigenvalue weighted by molar-refractivity contribution is 5.17. The third kappa shape index (κ3) is 5.16. The molecule has 0 spiro atoms. The Labute approximate surface area is 147 Å². The SMILES string of the molecule is CCc1ncc(CN(Cc2ccc(F)cc2)Cc2cccnc2)cn1. The molecule has 4 nitrogen and oxygen atoms in total. The second kappa shape index (κ2) is 8.44. The summed E-state index contributed by atoms with van der Waals surface area (Å²) >= 11 is 0. The maximum absolute atomic E-state index is 13.2. The first-order valence-electron chi connectivity index (χ1n) is 8.38. The van der Waals surface area contributed by atoms with Gasteiger partial charge in [-0.2, -0.15) is 0 Å². The standard InChI is InChI=1S/C20H21FN4/c1-2-20-23-11-18(12-24-20)15-25(14-17-4-3-9-22-10-17)13-16-5-7-19(21)8-6-16/h3-12H,2,13-15H2,1H3. The highest BCUT2D eigenvalue weighted by Crippen LogP contribution is 2.14. The van der Waals surface area contributed by atoms with Crippen LogP contribution in [0.25, 0.3) is 0 Å². The molecule has 0 aliphatic heterocycles. The van der Waals surface area contributed by atoms with E-state index in [0.29, 0.717) is 6.54 Å². The predicted octanol–water partition coefficient (Wildman–Crippen LogP) is 3.78. The zero-order chi connectivity index (χ0) is 17.5. The topological polar surface area (TPSA) is 41.9 Å². The van der Waals surface area contributed by atoms with Gasteiger partial charge in [0.1, 0.15) is 11.6 Å². The normalized spacial score (nSPS) is 11.0. The van der Waals surface area contributed by atoms with Crippen molar-refractivity contribution in [2.45, 2.75) is 33.0 Å². The van der Waals surface area contributed by atoms with Crippen molar-refractivity contribution in [3.63, 3.8) is 0 Å². The van der Waals surface area contributed by atoms with Crippen LogP contribution < -0.4 is 0 Å². The fraction of sp³-hybridized carbons (Fsp3) is 0.250. The molecule has 0 N–H and O–H groups in total. The molecule has 2 heterocycles. The van der Waals surface area contributed by atoms with E-state index in [-0.39, 0.29) is 5.82 Å². The second-order valence-corrected chi connectivity index (χ2v) is 5.99. The first kappa shape index (κ1) is 17.2. The summed E-state index contributed by atoms with van der Waals surface area (Å²) in [6.45, 7) is 4.22. The van der Waals surface area contributed by atoms with Crippen LogP contribution >= 0.6 is 0 Å². The summed E-state index contributed by atoms with van der Waals surface area (Å²) < 4.78 is 13.2.